The molecule has 5 nitrogen and oxygen atoms in total. The molecule has 2 aromatic heterocycles. The van der Waals surface area contributed by atoms with E-state index in [0.717, 1.165) is 0 Å². The van der Waals surface area contributed by atoms with Gasteiger partial charge in [-0.05, 0) is 30.3 Å². The molecule has 0 unspecified atom stereocenters. The Balaban J connectivity index is 1.55. The molecule has 0 atom stereocenters. The summed E-state index contributed by atoms with van der Waals surface area (Å²) < 4.78 is 10.9. The average Bonchev–Trinajstić information content (AvgIpc) is 3.25. The van der Waals surface area contributed by atoms with Gasteiger partial charge in [0.2, 0.25) is 0 Å². The van der Waals surface area contributed by atoms with Crippen molar-refractivity contribution in [1.29, 1.82) is 0 Å². The molecular weight excluding hydrogens is 348 g/mol. The lowest BCUT2D eigenvalue weighted by Gasteiger charge is -2.16. The quantitative estimate of drug-likeness (QED) is 0.659. The smallest absolute Gasteiger partial charge is 0.273 e. The molecule has 0 bridgehead atoms. The van der Waals surface area contributed by atoms with Gasteiger partial charge in [0.05, 0.1) is 12.8 Å². The third-order valence-electron chi connectivity index (χ3n) is 3.29. The number of thiazole rings is 1. The van der Waals surface area contributed by atoms with Crippen molar-refractivity contribution in [3.63, 3.8) is 0 Å². The monoisotopic (exact) mass is 362 g/mol. The standard InChI is InChI=1S/C17H15ClN2O3S/c1-20(7-9-22-13-5-2-4-12(18)10-13)17(21)14-11-24-16(19-14)15-6-3-8-23-15/h2-6,8,10-11H,7,9H2,1H3. The number of aromatic nitrogens is 1. The molecule has 1 aromatic carbocycles. The third-order valence-corrected chi connectivity index (χ3v) is 4.39. The second-order valence-electron chi connectivity index (χ2n) is 5.05. The van der Waals surface area contributed by atoms with E-state index in [2.05, 4.69) is 4.98 Å². The lowest BCUT2D eigenvalue weighted by molar-refractivity contribution is 0.0769. The van der Waals surface area contributed by atoms with Gasteiger partial charge in [0.15, 0.2) is 10.8 Å². The maximum atomic E-state index is 12.4. The molecule has 24 heavy (non-hydrogen) atoms. The second-order valence-corrected chi connectivity index (χ2v) is 6.34. The SMILES string of the molecule is CN(CCOc1cccc(Cl)c1)C(=O)c1csc(-c2ccco2)n1. The Morgan fingerprint density at radius 2 is 2.25 bits per heavy atom. The highest BCUT2D eigenvalue weighted by molar-refractivity contribution is 7.13. The van der Waals surface area contributed by atoms with Crippen LogP contribution in [0.25, 0.3) is 10.8 Å². The van der Waals surface area contributed by atoms with Crippen molar-refractivity contribution in [2.75, 3.05) is 20.2 Å². The Morgan fingerprint density at radius 1 is 1.38 bits per heavy atom. The van der Waals surface area contributed by atoms with Crippen LogP contribution in [-0.4, -0.2) is 36.0 Å². The fraction of sp³-hybridized carbons (Fsp3) is 0.176. The Hall–Kier alpha value is -2.31. The first kappa shape index (κ1) is 16.5. The minimum absolute atomic E-state index is 0.154. The Morgan fingerprint density at radius 3 is 3.00 bits per heavy atom. The maximum absolute atomic E-state index is 12.4. The highest BCUT2D eigenvalue weighted by Gasteiger charge is 2.17. The fourth-order valence-corrected chi connectivity index (χ4v) is 2.98. The number of carbonyl (C=O) groups is 1. The predicted molar refractivity (Wildman–Crippen MR) is 93.7 cm³/mol. The molecule has 3 rings (SSSR count). The highest BCUT2D eigenvalue weighted by atomic mass is 35.5. The van der Waals surface area contributed by atoms with E-state index in [4.69, 9.17) is 20.8 Å². The van der Waals surface area contributed by atoms with E-state index >= 15 is 0 Å². The van der Waals surface area contributed by atoms with Crippen molar-refractivity contribution < 1.29 is 13.9 Å². The average molecular weight is 363 g/mol. The third kappa shape index (κ3) is 3.96. The van der Waals surface area contributed by atoms with Crippen molar-refractivity contribution in [3.8, 4) is 16.5 Å². The molecule has 0 aliphatic rings. The number of amides is 1. The molecule has 2 heterocycles. The topological polar surface area (TPSA) is 55.6 Å². The molecule has 0 saturated carbocycles. The van der Waals surface area contributed by atoms with E-state index in [1.54, 1.807) is 41.8 Å². The van der Waals surface area contributed by atoms with Crippen LogP contribution in [0.15, 0.2) is 52.5 Å². The number of hydrogen-bond acceptors (Lipinski definition) is 5. The van der Waals surface area contributed by atoms with Crippen LogP contribution in [0.1, 0.15) is 10.5 Å². The molecule has 1 amide bonds. The summed E-state index contributed by atoms with van der Waals surface area (Å²) in [6.07, 6.45) is 1.58. The molecule has 0 spiro atoms. The van der Waals surface area contributed by atoms with Crippen molar-refractivity contribution >= 4 is 28.8 Å². The van der Waals surface area contributed by atoms with Gasteiger partial charge in [0.25, 0.3) is 5.91 Å². The zero-order valence-corrected chi connectivity index (χ0v) is 14.5. The van der Waals surface area contributed by atoms with Crippen LogP contribution in [0, 0.1) is 0 Å². The minimum Gasteiger partial charge on any atom is -0.492 e. The summed E-state index contributed by atoms with van der Waals surface area (Å²) in [4.78, 5) is 18.3. The number of nitrogens with zero attached hydrogens (tertiary/aromatic N) is 2. The summed E-state index contributed by atoms with van der Waals surface area (Å²) in [6.45, 7) is 0.816. The maximum Gasteiger partial charge on any atom is 0.273 e. The van der Waals surface area contributed by atoms with E-state index in [-0.39, 0.29) is 5.91 Å². The molecule has 124 valence electrons. The first-order chi connectivity index (χ1) is 11.6. The highest BCUT2D eigenvalue weighted by Crippen LogP contribution is 2.24. The van der Waals surface area contributed by atoms with E-state index in [1.165, 1.54) is 11.3 Å². The van der Waals surface area contributed by atoms with Gasteiger partial charge in [-0.1, -0.05) is 17.7 Å². The zero-order valence-electron chi connectivity index (χ0n) is 12.9. The van der Waals surface area contributed by atoms with Crippen molar-refractivity contribution in [2.45, 2.75) is 0 Å². The number of halogens is 1. The summed E-state index contributed by atoms with van der Waals surface area (Å²) in [5.74, 6) is 1.18. The number of likely N-dealkylation sites (N-methyl/N-ethyl adjacent to an activating group) is 1. The summed E-state index contributed by atoms with van der Waals surface area (Å²) >= 11 is 7.28. The van der Waals surface area contributed by atoms with Crippen LogP contribution in [-0.2, 0) is 0 Å². The summed E-state index contributed by atoms with van der Waals surface area (Å²) in [5.41, 5.74) is 0.400. The molecule has 0 N–H and O–H groups in total. The molecule has 0 saturated heterocycles. The van der Waals surface area contributed by atoms with Gasteiger partial charge >= 0.3 is 0 Å². The van der Waals surface area contributed by atoms with Gasteiger partial charge in [-0.2, -0.15) is 0 Å². The van der Waals surface area contributed by atoms with Crippen LogP contribution in [0.4, 0.5) is 0 Å². The van der Waals surface area contributed by atoms with E-state index in [0.29, 0.717) is 40.4 Å². The molecular formula is C17H15ClN2O3S. The minimum atomic E-state index is -0.154. The lowest BCUT2D eigenvalue weighted by atomic mass is 10.3. The molecule has 0 aliphatic heterocycles. The van der Waals surface area contributed by atoms with Crippen LogP contribution >= 0.6 is 22.9 Å². The summed E-state index contributed by atoms with van der Waals surface area (Å²) in [6, 6.07) is 10.8. The fourth-order valence-electron chi connectivity index (χ4n) is 2.04. The van der Waals surface area contributed by atoms with Gasteiger partial charge in [-0.3, -0.25) is 4.79 Å². The van der Waals surface area contributed by atoms with Crippen LogP contribution in [0.3, 0.4) is 0 Å². The predicted octanol–water partition coefficient (Wildman–Crippen LogP) is 4.21. The van der Waals surface area contributed by atoms with Crippen molar-refractivity contribution in [2.24, 2.45) is 0 Å². The first-order valence-electron chi connectivity index (χ1n) is 7.27. The summed E-state index contributed by atoms with van der Waals surface area (Å²) in [7, 11) is 1.72. The molecule has 7 heteroatoms. The first-order valence-corrected chi connectivity index (χ1v) is 8.52. The number of furan rings is 1. The number of hydrogen-bond donors (Lipinski definition) is 0. The number of rotatable bonds is 6. The van der Waals surface area contributed by atoms with Crippen molar-refractivity contribution in [1.82, 2.24) is 9.88 Å². The summed E-state index contributed by atoms with van der Waals surface area (Å²) in [5, 5.41) is 3.03. The van der Waals surface area contributed by atoms with E-state index in [1.807, 2.05) is 18.2 Å². The molecule has 0 fully saturated rings. The van der Waals surface area contributed by atoms with Gasteiger partial charge in [-0.25, -0.2) is 4.98 Å². The molecule has 0 aliphatic carbocycles. The largest absolute Gasteiger partial charge is 0.492 e. The second kappa shape index (κ2) is 7.51. The van der Waals surface area contributed by atoms with Crippen LogP contribution in [0.5, 0.6) is 5.75 Å². The normalized spacial score (nSPS) is 10.6. The van der Waals surface area contributed by atoms with Crippen molar-refractivity contribution in [3.05, 3.63) is 58.8 Å². The number of ether oxygens (including phenoxy) is 1. The van der Waals surface area contributed by atoms with Gasteiger partial charge in [0.1, 0.15) is 18.1 Å². The van der Waals surface area contributed by atoms with E-state index in [9.17, 15) is 4.79 Å². The van der Waals surface area contributed by atoms with E-state index < -0.39 is 0 Å². The van der Waals surface area contributed by atoms with Gasteiger partial charge in [-0.15, -0.1) is 11.3 Å². The Bertz CT molecular complexity index is 817. The van der Waals surface area contributed by atoms with Crippen LogP contribution < -0.4 is 4.74 Å². The number of carbonyl (C=O) groups excluding carboxylic acids is 1. The Kier molecular flexibility index (Phi) is 5.17. The van der Waals surface area contributed by atoms with Gasteiger partial charge < -0.3 is 14.1 Å². The molecule has 0 radical (unpaired) electrons. The lowest BCUT2D eigenvalue weighted by Crippen LogP contribution is -2.31. The zero-order chi connectivity index (χ0) is 16.9. The molecule has 3 aromatic rings. The number of benzene rings is 1. The van der Waals surface area contributed by atoms with Crippen LogP contribution in [0.2, 0.25) is 5.02 Å². The Labute approximate surface area is 148 Å². The van der Waals surface area contributed by atoms with Gasteiger partial charge in [0, 0.05) is 17.5 Å².